The van der Waals surface area contributed by atoms with Crippen molar-refractivity contribution in [2.24, 2.45) is 5.11 Å². The second-order valence-corrected chi connectivity index (χ2v) is 1.98. The smallest absolute Gasteiger partial charge is 0.191 e. The van der Waals surface area contributed by atoms with Crippen LogP contribution in [0.1, 0.15) is 0 Å². The first kappa shape index (κ1) is 6.56. The lowest BCUT2D eigenvalue weighted by molar-refractivity contribution is 0.921. The Kier molecular flexibility index (Phi) is 1.36. The van der Waals surface area contributed by atoms with E-state index in [0.29, 0.717) is 5.65 Å². The molecule has 7 nitrogen and oxygen atoms in total. The second kappa shape index (κ2) is 2.48. The minimum atomic E-state index is 0.146. The maximum atomic E-state index is 8.15. The second-order valence-electron chi connectivity index (χ2n) is 1.98. The highest BCUT2D eigenvalue weighted by Gasteiger charge is 2.00. The van der Waals surface area contributed by atoms with Crippen LogP contribution in [0.5, 0.6) is 0 Å². The minimum absolute atomic E-state index is 0.146. The van der Waals surface area contributed by atoms with E-state index in [1.807, 2.05) is 0 Å². The number of fused-ring (bicyclic) bond motifs is 1. The number of hydrogen-bond donors (Lipinski definition) is 0. The molecule has 0 radical (unpaired) electrons. The lowest BCUT2D eigenvalue weighted by Gasteiger charge is -1.87. The molecule has 0 aliphatic rings. The van der Waals surface area contributed by atoms with Gasteiger partial charge in [-0.2, -0.15) is 9.61 Å². The number of aromatic nitrogens is 4. The van der Waals surface area contributed by atoms with Crippen LogP contribution >= 0.6 is 0 Å². The Morgan fingerprint density at radius 2 is 2.42 bits per heavy atom. The summed E-state index contributed by atoms with van der Waals surface area (Å²) in [5, 5.41) is 14.5. The molecule has 2 rings (SSSR count). The highest BCUT2D eigenvalue weighted by atomic mass is 15.4. The first-order chi connectivity index (χ1) is 5.92. The van der Waals surface area contributed by atoms with Gasteiger partial charge in [0.05, 0.1) is 0 Å². The van der Waals surface area contributed by atoms with E-state index in [4.69, 9.17) is 5.53 Å². The van der Waals surface area contributed by atoms with Gasteiger partial charge >= 0.3 is 0 Å². The topological polar surface area (TPSA) is 91.8 Å². The number of hydrogen-bond acceptors (Lipinski definition) is 4. The van der Waals surface area contributed by atoms with Crippen molar-refractivity contribution in [1.29, 1.82) is 0 Å². The van der Waals surface area contributed by atoms with Gasteiger partial charge in [-0.3, -0.25) is 0 Å². The lowest BCUT2D eigenvalue weighted by Crippen LogP contribution is -1.87. The van der Waals surface area contributed by atoms with E-state index in [2.05, 4.69) is 25.3 Å². The van der Waals surface area contributed by atoms with Gasteiger partial charge in [-0.15, -0.1) is 10.2 Å². The zero-order valence-corrected chi connectivity index (χ0v) is 5.86. The fourth-order valence-corrected chi connectivity index (χ4v) is 0.834. The van der Waals surface area contributed by atoms with Crippen molar-refractivity contribution in [2.45, 2.75) is 0 Å². The van der Waals surface area contributed by atoms with E-state index in [9.17, 15) is 0 Å². The normalized spacial score (nSPS) is 9.67. The first-order valence-corrected chi connectivity index (χ1v) is 3.13. The van der Waals surface area contributed by atoms with Gasteiger partial charge < -0.3 is 0 Å². The first-order valence-electron chi connectivity index (χ1n) is 3.13. The van der Waals surface area contributed by atoms with Gasteiger partial charge in [0.15, 0.2) is 5.65 Å². The van der Waals surface area contributed by atoms with Crippen molar-refractivity contribution >= 4 is 11.6 Å². The minimum Gasteiger partial charge on any atom is -0.191 e. The van der Waals surface area contributed by atoms with Crippen LogP contribution in [0.4, 0.5) is 5.95 Å². The van der Waals surface area contributed by atoms with Crippen LogP contribution in [0.2, 0.25) is 0 Å². The quantitative estimate of drug-likeness (QED) is 0.355. The predicted molar refractivity (Wildman–Crippen MR) is 39.6 cm³/mol. The molecule has 0 atom stereocenters. The van der Waals surface area contributed by atoms with Crippen molar-refractivity contribution < 1.29 is 0 Å². The molecule has 0 fully saturated rings. The molecule has 0 bridgehead atoms. The highest BCUT2D eigenvalue weighted by molar-refractivity contribution is 5.39. The Morgan fingerprint density at radius 3 is 3.25 bits per heavy atom. The summed E-state index contributed by atoms with van der Waals surface area (Å²) in [6.07, 6.45) is 1.56. The Morgan fingerprint density at radius 1 is 1.50 bits per heavy atom. The number of azide groups is 1. The van der Waals surface area contributed by atoms with Crippen molar-refractivity contribution in [3.8, 4) is 0 Å². The molecular formula is C5H3N7. The fourth-order valence-electron chi connectivity index (χ4n) is 0.834. The van der Waals surface area contributed by atoms with Crippen molar-refractivity contribution in [3.63, 3.8) is 0 Å². The summed E-state index contributed by atoms with van der Waals surface area (Å²) < 4.78 is 1.36. The zero-order valence-electron chi connectivity index (χ0n) is 5.86. The molecule has 0 unspecified atom stereocenters. The summed E-state index contributed by atoms with van der Waals surface area (Å²) in [5.74, 6) is 0.146. The average molecular weight is 161 g/mol. The van der Waals surface area contributed by atoms with Gasteiger partial charge in [-0.25, -0.2) is 0 Å². The molecule has 0 amide bonds. The molecule has 0 N–H and O–H groups in total. The molecular weight excluding hydrogens is 158 g/mol. The average Bonchev–Trinajstić information content (AvgIpc) is 2.50. The van der Waals surface area contributed by atoms with Gasteiger partial charge in [0.1, 0.15) is 0 Å². The molecule has 2 aromatic heterocycles. The van der Waals surface area contributed by atoms with Crippen LogP contribution in [0.3, 0.4) is 0 Å². The molecule has 0 saturated carbocycles. The van der Waals surface area contributed by atoms with Crippen LogP contribution in [0.25, 0.3) is 16.1 Å². The molecule has 2 aromatic rings. The Hall–Kier alpha value is -2.14. The Bertz CT molecular complexity index is 452. The van der Waals surface area contributed by atoms with Gasteiger partial charge in [-0.05, 0) is 22.8 Å². The van der Waals surface area contributed by atoms with Crippen molar-refractivity contribution in [1.82, 2.24) is 19.8 Å². The van der Waals surface area contributed by atoms with Gasteiger partial charge in [0, 0.05) is 11.1 Å². The molecule has 58 valence electrons. The summed E-state index contributed by atoms with van der Waals surface area (Å²) in [6, 6.07) is 3.44. The molecule has 2 heterocycles. The Labute approximate surface area is 66.3 Å². The molecule has 0 aliphatic carbocycles. The SMILES string of the molecule is [N-]=[N+]=Nc1nnc2cccnn12. The van der Waals surface area contributed by atoms with Crippen LogP contribution in [0, 0.1) is 0 Å². The van der Waals surface area contributed by atoms with E-state index in [1.54, 1.807) is 18.3 Å². The Balaban J connectivity index is 2.78. The van der Waals surface area contributed by atoms with Crippen LogP contribution in [-0.2, 0) is 0 Å². The summed E-state index contributed by atoms with van der Waals surface area (Å²) in [4.78, 5) is 2.59. The van der Waals surface area contributed by atoms with Gasteiger partial charge in [0.25, 0.3) is 0 Å². The molecule has 0 spiro atoms. The summed E-state index contributed by atoms with van der Waals surface area (Å²) >= 11 is 0. The van der Waals surface area contributed by atoms with Crippen LogP contribution in [0.15, 0.2) is 23.4 Å². The van der Waals surface area contributed by atoms with E-state index in [1.165, 1.54) is 4.52 Å². The van der Waals surface area contributed by atoms with Gasteiger partial charge in [0.2, 0.25) is 5.95 Å². The predicted octanol–water partition coefficient (Wildman–Crippen LogP) is 1.07. The number of nitrogens with zero attached hydrogens (tertiary/aromatic N) is 7. The summed E-state index contributed by atoms with van der Waals surface area (Å²) in [5.41, 5.74) is 8.70. The van der Waals surface area contributed by atoms with Crippen LogP contribution in [-0.4, -0.2) is 19.8 Å². The monoisotopic (exact) mass is 161 g/mol. The largest absolute Gasteiger partial charge is 0.241 e. The van der Waals surface area contributed by atoms with Crippen LogP contribution < -0.4 is 0 Å². The summed E-state index contributed by atoms with van der Waals surface area (Å²) in [7, 11) is 0. The molecule has 7 heteroatoms. The zero-order chi connectivity index (χ0) is 8.39. The maximum absolute atomic E-state index is 8.15. The highest BCUT2D eigenvalue weighted by Crippen LogP contribution is 2.07. The standard InChI is InChI=1S/C5H3N7/c6-11-10-5-9-8-4-2-1-3-7-12(4)5/h1-3H. The number of rotatable bonds is 1. The molecule has 12 heavy (non-hydrogen) atoms. The molecule has 0 saturated heterocycles. The maximum Gasteiger partial charge on any atom is 0.241 e. The third-order valence-electron chi connectivity index (χ3n) is 1.30. The fraction of sp³-hybridized carbons (Fsp3) is 0. The van der Waals surface area contributed by atoms with E-state index in [0.717, 1.165) is 0 Å². The third-order valence-corrected chi connectivity index (χ3v) is 1.30. The third kappa shape index (κ3) is 0.850. The van der Waals surface area contributed by atoms with E-state index in [-0.39, 0.29) is 5.95 Å². The van der Waals surface area contributed by atoms with Gasteiger partial charge in [-0.1, -0.05) is 0 Å². The lowest BCUT2D eigenvalue weighted by atomic mass is 10.6. The summed E-state index contributed by atoms with van der Waals surface area (Å²) in [6.45, 7) is 0. The van der Waals surface area contributed by atoms with Crippen molar-refractivity contribution in [3.05, 3.63) is 28.8 Å². The van der Waals surface area contributed by atoms with Crippen molar-refractivity contribution in [2.75, 3.05) is 0 Å². The van der Waals surface area contributed by atoms with E-state index < -0.39 is 0 Å². The van der Waals surface area contributed by atoms with E-state index >= 15 is 0 Å². The molecule has 0 aromatic carbocycles. The molecule has 0 aliphatic heterocycles.